The van der Waals surface area contributed by atoms with Crippen LogP contribution in [0.25, 0.3) is 176 Å². The third kappa shape index (κ3) is 11.6. The molecule has 0 N–H and O–H groups in total. The number of nitrogens with zero attached hydrogens (tertiary/aromatic N) is 2. The van der Waals surface area contributed by atoms with Crippen LogP contribution in [-0.2, 0) is 5.41 Å². The average Bonchev–Trinajstić information content (AvgIpc) is 1.55. The van der Waals surface area contributed by atoms with Crippen molar-refractivity contribution < 1.29 is 8.83 Å². The summed E-state index contributed by atoms with van der Waals surface area (Å²) in [4.78, 5) is 4.85. The highest BCUT2D eigenvalue weighted by Crippen LogP contribution is 2.54. The first kappa shape index (κ1) is 70.8. The summed E-state index contributed by atoms with van der Waals surface area (Å²) in [5.41, 5.74) is 33.0. The second-order valence-electron chi connectivity index (χ2n) is 33.8. The zero-order valence-electron chi connectivity index (χ0n) is 67.7. The Balaban J connectivity index is 0.553. The van der Waals surface area contributed by atoms with E-state index in [1.165, 1.54) is 98.9 Å². The van der Waals surface area contributed by atoms with Gasteiger partial charge in [-0.3, -0.25) is 0 Å². The van der Waals surface area contributed by atoms with Crippen LogP contribution in [0, 0.1) is 11.8 Å². The number of hydrogen-bond acceptors (Lipinski definition) is 4. The molecule has 0 saturated carbocycles. The largest absolute Gasteiger partial charge is 0.455 e. The van der Waals surface area contributed by atoms with E-state index in [1.807, 2.05) is 0 Å². The quantitative estimate of drug-likeness (QED) is 0.108. The van der Waals surface area contributed by atoms with Crippen LogP contribution in [0.2, 0.25) is 0 Å². The van der Waals surface area contributed by atoms with Gasteiger partial charge < -0.3 is 18.6 Å². The summed E-state index contributed by atoms with van der Waals surface area (Å²) in [6.07, 6.45) is 11.7. The Hall–Kier alpha value is -15.4. The third-order valence-corrected chi connectivity index (χ3v) is 26.6. The molecular formula is C118H80N2O2. The smallest absolute Gasteiger partial charge is 0.143 e. The molecule has 0 amide bonds. The van der Waals surface area contributed by atoms with Crippen molar-refractivity contribution in [1.29, 1.82) is 0 Å². The molecule has 2 heterocycles. The highest BCUT2D eigenvalue weighted by Gasteiger charge is 2.37. The fourth-order valence-electron chi connectivity index (χ4n) is 20.5. The molecule has 574 valence electrons. The zero-order valence-corrected chi connectivity index (χ0v) is 67.7. The first-order valence-corrected chi connectivity index (χ1v) is 42.5. The number of anilines is 6. The lowest BCUT2D eigenvalue weighted by Gasteiger charge is -2.33. The van der Waals surface area contributed by atoms with Gasteiger partial charge in [0.1, 0.15) is 22.3 Å². The van der Waals surface area contributed by atoms with Gasteiger partial charge in [-0.05, 0) is 276 Å². The maximum absolute atomic E-state index is 6.75. The first-order valence-electron chi connectivity index (χ1n) is 42.5. The van der Waals surface area contributed by atoms with E-state index in [-0.39, 0.29) is 17.3 Å². The molecule has 4 heteroatoms. The van der Waals surface area contributed by atoms with Gasteiger partial charge in [-0.15, -0.1) is 0 Å². The van der Waals surface area contributed by atoms with Crippen molar-refractivity contribution in [2.45, 2.75) is 26.2 Å². The Labute approximate surface area is 708 Å². The highest BCUT2D eigenvalue weighted by atomic mass is 16.3. The van der Waals surface area contributed by atoms with E-state index in [9.17, 15) is 0 Å². The number of rotatable bonds is 13. The van der Waals surface area contributed by atoms with Crippen molar-refractivity contribution in [3.8, 4) is 66.8 Å². The molecule has 2 aromatic heterocycles. The van der Waals surface area contributed by atoms with Crippen LogP contribution in [0.4, 0.5) is 34.1 Å². The number of allylic oxidation sites excluding steroid dienone is 8. The van der Waals surface area contributed by atoms with Crippen LogP contribution in [0.15, 0.2) is 433 Å². The Morgan fingerprint density at radius 3 is 1.39 bits per heavy atom. The lowest BCUT2D eigenvalue weighted by atomic mass is 9.71. The highest BCUT2D eigenvalue weighted by molar-refractivity contribution is 6.21. The average molecular weight is 1560 g/mol. The molecule has 21 aromatic rings. The van der Waals surface area contributed by atoms with Gasteiger partial charge in [0.05, 0.1) is 0 Å². The van der Waals surface area contributed by atoms with E-state index in [4.69, 9.17) is 8.83 Å². The van der Waals surface area contributed by atoms with E-state index in [0.717, 1.165) is 139 Å². The molecule has 0 spiro atoms. The third-order valence-electron chi connectivity index (χ3n) is 26.6. The zero-order chi connectivity index (χ0) is 80.8. The molecule has 0 radical (unpaired) electrons. The van der Waals surface area contributed by atoms with Gasteiger partial charge in [0, 0.05) is 77.8 Å². The number of fused-ring (bicyclic) bond motifs is 18. The SMILES string of the molecule is CC1C(c2ccc3cc(-c4ccc(N(c5cccc(-c6cccc7oc8c9ccccc9ccc8c67)c5)c5ccc6c(c5)C(C)(C)c5ccccc5-6)cc4)c4ccccc4c3c2)=CC(c2ccc(-c3ccc(N(c4cccc(-c5ccc6ccccc6c5)c4)c4cccc(-c5cccc6oc7c8ccccc8ccc7c56)c4)cc3)cc2)=C2C=CC=CC21. The van der Waals surface area contributed by atoms with Gasteiger partial charge in [0.25, 0.3) is 0 Å². The topological polar surface area (TPSA) is 32.8 Å². The molecule has 2 unspecified atom stereocenters. The Morgan fingerprint density at radius 1 is 0.270 bits per heavy atom. The normalized spacial score (nSPS) is 14.7. The van der Waals surface area contributed by atoms with Crippen LogP contribution >= 0.6 is 0 Å². The molecule has 0 bridgehead atoms. The van der Waals surface area contributed by atoms with Gasteiger partial charge in [-0.1, -0.05) is 318 Å². The van der Waals surface area contributed by atoms with Crippen molar-refractivity contribution in [1.82, 2.24) is 0 Å². The fraction of sp³-hybridized carbons (Fsp3) is 0.0508. The lowest BCUT2D eigenvalue weighted by Crippen LogP contribution is -2.19. The number of hydrogen-bond donors (Lipinski definition) is 0. The first-order chi connectivity index (χ1) is 60.1. The summed E-state index contributed by atoms with van der Waals surface area (Å²) in [5, 5.41) is 16.4. The second-order valence-corrected chi connectivity index (χ2v) is 33.8. The van der Waals surface area contributed by atoms with E-state index >= 15 is 0 Å². The summed E-state index contributed by atoms with van der Waals surface area (Å²) < 4.78 is 13.5. The molecule has 4 nitrogen and oxygen atoms in total. The lowest BCUT2D eigenvalue weighted by molar-refractivity contribution is 0.602. The summed E-state index contributed by atoms with van der Waals surface area (Å²) >= 11 is 0. The van der Waals surface area contributed by atoms with E-state index in [1.54, 1.807) is 0 Å². The van der Waals surface area contributed by atoms with E-state index in [2.05, 4.69) is 449 Å². The monoisotopic (exact) mass is 1560 g/mol. The molecule has 122 heavy (non-hydrogen) atoms. The van der Waals surface area contributed by atoms with Gasteiger partial charge in [-0.2, -0.15) is 0 Å². The molecule has 24 rings (SSSR count). The minimum atomic E-state index is -0.183. The maximum atomic E-state index is 6.75. The molecule has 3 aliphatic carbocycles. The molecule has 19 aromatic carbocycles. The maximum Gasteiger partial charge on any atom is 0.143 e. The van der Waals surface area contributed by atoms with Gasteiger partial charge in [0.15, 0.2) is 0 Å². The number of benzene rings is 19. The second kappa shape index (κ2) is 28.2. The molecular weight excluding hydrogens is 1480 g/mol. The van der Waals surface area contributed by atoms with Crippen LogP contribution < -0.4 is 9.80 Å². The van der Waals surface area contributed by atoms with Gasteiger partial charge >= 0.3 is 0 Å². The van der Waals surface area contributed by atoms with Crippen molar-refractivity contribution in [2.75, 3.05) is 9.80 Å². The summed E-state index contributed by atoms with van der Waals surface area (Å²) in [6.45, 7) is 7.15. The van der Waals surface area contributed by atoms with E-state index < -0.39 is 0 Å². The predicted octanol–water partition coefficient (Wildman–Crippen LogP) is 33.1. The summed E-state index contributed by atoms with van der Waals surface area (Å²) in [6, 6.07) is 144. The van der Waals surface area contributed by atoms with Crippen LogP contribution in [-0.4, -0.2) is 0 Å². The summed E-state index contributed by atoms with van der Waals surface area (Å²) in [5.74, 6) is 0.446. The molecule has 0 saturated heterocycles. The standard InChI is InChI=1S/C118H80N2O2/c1-73-94-31-10-11-34-99(94)109(79-46-43-75(44-47-79)76-51-57-88(58-52-76)119(90-28-16-25-82(66-90)83-48-45-74-21-4-5-24-81(74)65-83)91-29-17-26-84(67-91)95-38-19-41-112-114(95)104-62-55-77-22-6-8-32-97(77)116(104)121-112)72-106(73)86-49-50-87-70-107(100-35-12-13-36-101(100)108(87)69-86)80-53-59-89(60-54-80)120(93-61-64-103-102-37-14-15-40-110(102)118(2,3)111(103)71-93)92-30-18-27-85(68-92)96-39-20-42-113-115(96)105-63-56-78-23-7-9-33-98(78)117(105)122-113/h4-73,94H,1-3H3. The molecule has 0 aliphatic heterocycles. The Bertz CT molecular complexity index is 8060. The minimum Gasteiger partial charge on any atom is -0.455 e. The van der Waals surface area contributed by atoms with Crippen molar-refractivity contribution in [3.63, 3.8) is 0 Å². The summed E-state index contributed by atoms with van der Waals surface area (Å²) in [7, 11) is 0. The molecule has 3 aliphatic rings. The van der Waals surface area contributed by atoms with Gasteiger partial charge in [-0.25, -0.2) is 0 Å². The van der Waals surface area contributed by atoms with Crippen LogP contribution in [0.3, 0.4) is 0 Å². The van der Waals surface area contributed by atoms with Crippen molar-refractivity contribution >= 4 is 143 Å². The van der Waals surface area contributed by atoms with Crippen molar-refractivity contribution in [2.24, 2.45) is 11.8 Å². The Kier molecular flexibility index (Phi) is 16.3. The molecule has 0 fully saturated rings. The molecule has 2 atom stereocenters. The number of furan rings is 2. The fourth-order valence-corrected chi connectivity index (χ4v) is 20.5. The van der Waals surface area contributed by atoms with Crippen LogP contribution in [0.5, 0.6) is 0 Å². The Morgan fingerprint density at radius 2 is 0.738 bits per heavy atom. The van der Waals surface area contributed by atoms with Crippen LogP contribution in [0.1, 0.15) is 43.0 Å². The van der Waals surface area contributed by atoms with Gasteiger partial charge in [0.2, 0.25) is 0 Å². The predicted molar refractivity (Wildman–Crippen MR) is 515 cm³/mol. The minimum absolute atomic E-state index is 0.183. The van der Waals surface area contributed by atoms with Crippen molar-refractivity contribution in [3.05, 3.63) is 446 Å². The van der Waals surface area contributed by atoms with E-state index in [0.29, 0.717) is 0 Å².